The number of aryl methyl sites for hydroxylation is 1. The number of fused-ring (bicyclic) bond motifs is 2. The number of nitrogens with one attached hydrogen (secondary N) is 1. The van der Waals surface area contributed by atoms with Gasteiger partial charge in [0.25, 0.3) is 0 Å². The molecule has 0 amide bonds. The number of hydrogen-bond acceptors (Lipinski definition) is 6. The molecule has 5 rings (SSSR count). The molecule has 0 saturated carbocycles. The van der Waals surface area contributed by atoms with E-state index in [1.165, 1.54) is 52.3 Å². The predicted octanol–water partition coefficient (Wildman–Crippen LogP) is 4.94. The van der Waals surface area contributed by atoms with Gasteiger partial charge in [0.1, 0.15) is 0 Å². The van der Waals surface area contributed by atoms with Crippen LogP contribution >= 0.6 is 11.5 Å². The Bertz CT molecular complexity index is 1280. The zero-order chi connectivity index (χ0) is 22.6. The Balaban J connectivity index is 1.37. The van der Waals surface area contributed by atoms with Gasteiger partial charge in [0.05, 0.1) is 12.8 Å². The number of rotatable bonds is 8. The minimum absolute atomic E-state index is 0.338. The van der Waals surface area contributed by atoms with Crippen molar-refractivity contribution >= 4 is 34.5 Å². The van der Waals surface area contributed by atoms with E-state index in [9.17, 15) is 4.79 Å². The number of aromatic amines is 1. The van der Waals surface area contributed by atoms with E-state index < -0.39 is 0 Å². The second-order valence-corrected chi connectivity index (χ2v) is 8.96. The monoisotopic (exact) mass is 458 g/mol. The fraction of sp³-hybridized carbons (Fsp3) is 0.269. The molecule has 1 N–H and O–H groups in total. The van der Waals surface area contributed by atoms with Gasteiger partial charge in [-0.25, -0.2) is 4.79 Å². The van der Waals surface area contributed by atoms with E-state index in [0.717, 1.165) is 43.6 Å². The fourth-order valence-corrected chi connectivity index (χ4v) is 5.18. The minimum Gasteiger partial charge on any atom is -0.466 e. The molecule has 6 nitrogen and oxygen atoms in total. The van der Waals surface area contributed by atoms with Gasteiger partial charge in [0.15, 0.2) is 0 Å². The Morgan fingerprint density at radius 2 is 2.21 bits per heavy atom. The van der Waals surface area contributed by atoms with Crippen LogP contribution in [0.1, 0.15) is 40.4 Å². The number of esters is 1. The summed E-state index contributed by atoms with van der Waals surface area (Å²) in [5.41, 5.74) is 7.28. The lowest BCUT2D eigenvalue weighted by Gasteiger charge is -2.29. The van der Waals surface area contributed by atoms with Gasteiger partial charge in [-0.2, -0.15) is 0 Å². The Hall–Kier alpha value is -3.29. The summed E-state index contributed by atoms with van der Waals surface area (Å²) < 4.78 is 8.77. The van der Waals surface area contributed by atoms with Crippen LogP contribution in [0.3, 0.4) is 0 Å². The number of H-pyrrole nitrogens is 1. The van der Waals surface area contributed by atoms with Crippen molar-refractivity contribution in [1.82, 2.24) is 19.5 Å². The average molecular weight is 459 g/mol. The fourth-order valence-electron chi connectivity index (χ4n) is 4.74. The van der Waals surface area contributed by atoms with Crippen LogP contribution < -0.4 is 0 Å². The van der Waals surface area contributed by atoms with Gasteiger partial charge in [0, 0.05) is 47.7 Å². The van der Waals surface area contributed by atoms with Gasteiger partial charge in [-0.05, 0) is 65.2 Å². The number of para-hydroxylation sites is 1. The standard InChI is InChI=1S/C26H26N4O2S/c1-32-26(31)11-7-18-6-9-23-19(14-18)8-10-25(23)30(16-21-17-33-29-28-21)13-12-20-15-27-24-5-3-2-4-22(20)24/h2-7,9,11,14-15,17,25,27H,8,10,12-13,16H2,1H3/b11-7+. The highest BCUT2D eigenvalue weighted by Crippen LogP contribution is 2.37. The molecule has 1 aliphatic carbocycles. The molecular weight excluding hydrogens is 432 g/mol. The predicted molar refractivity (Wildman–Crippen MR) is 131 cm³/mol. The maximum atomic E-state index is 11.4. The Kier molecular flexibility index (Phi) is 6.32. The number of aromatic nitrogens is 3. The summed E-state index contributed by atoms with van der Waals surface area (Å²) in [4.78, 5) is 17.4. The number of ether oxygens (including phenoxy) is 1. The zero-order valence-corrected chi connectivity index (χ0v) is 19.3. The van der Waals surface area contributed by atoms with Crippen LogP contribution in [0.2, 0.25) is 0 Å². The molecule has 168 valence electrons. The summed E-state index contributed by atoms with van der Waals surface area (Å²) in [6, 6.07) is 15.3. The van der Waals surface area contributed by atoms with E-state index in [-0.39, 0.29) is 5.97 Å². The molecular formula is C26H26N4O2S. The first-order valence-corrected chi connectivity index (χ1v) is 12.0. The Labute approximate surface area is 197 Å². The van der Waals surface area contributed by atoms with Crippen molar-refractivity contribution in [2.75, 3.05) is 13.7 Å². The van der Waals surface area contributed by atoms with Crippen LogP contribution in [0.15, 0.2) is 60.1 Å². The van der Waals surface area contributed by atoms with Gasteiger partial charge >= 0.3 is 5.97 Å². The van der Waals surface area contributed by atoms with Crippen molar-refractivity contribution in [3.8, 4) is 0 Å². The minimum atomic E-state index is -0.339. The van der Waals surface area contributed by atoms with Crippen LogP contribution in [0, 0.1) is 0 Å². The number of carbonyl (C=O) groups is 1. The van der Waals surface area contributed by atoms with Crippen molar-refractivity contribution in [2.24, 2.45) is 0 Å². The molecule has 7 heteroatoms. The first kappa shape index (κ1) is 21.6. The van der Waals surface area contributed by atoms with Crippen LogP contribution in [0.25, 0.3) is 17.0 Å². The molecule has 1 atom stereocenters. The van der Waals surface area contributed by atoms with Gasteiger partial charge in [0.2, 0.25) is 0 Å². The second-order valence-electron chi connectivity index (χ2n) is 8.35. The lowest BCUT2D eigenvalue weighted by atomic mass is 10.0. The molecule has 4 aromatic rings. The molecule has 33 heavy (non-hydrogen) atoms. The number of carbonyl (C=O) groups excluding carboxylic acids is 1. The van der Waals surface area contributed by atoms with E-state index in [4.69, 9.17) is 4.74 Å². The Morgan fingerprint density at radius 1 is 1.30 bits per heavy atom. The number of hydrogen-bond donors (Lipinski definition) is 1. The molecule has 0 spiro atoms. The molecule has 1 aliphatic rings. The Morgan fingerprint density at radius 3 is 3.06 bits per heavy atom. The molecule has 0 aliphatic heterocycles. The van der Waals surface area contributed by atoms with Gasteiger partial charge in [-0.1, -0.05) is 40.9 Å². The van der Waals surface area contributed by atoms with Crippen LogP contribution in [-0.2, 0) is 28.9 Å². The summed E-state index contributed by atoms with van der Waals surface area (Å²) >= 11 is 1.40. The summed E-state index contributed by atoms with van der Waals surface area (Å²) in [7, 11) is 1.39. The van der Waals surface area contributed by atoms with Crippen molar-refractivity contribution in [2.45, 2.75) is 31.8 Å². The first-order valence-electron chi connectivity index (χ1n) is 11.1. The van der Waals surface area contributed by atoms with E-state index in [0.29, 0.717) is 6.04 Å². The first-order chi connectivity index (χ1) is 16.2. The van der Waals surface area contributed by atoms with Crippen molar-refractivity contribution < 1.29 is 9.53 Å². The third-order valence-corrected chi connectivity index (χ3v) is 6.93. The highest BCUT2D eigenvalue weighted by molar-refractivity contribution is 7.03. The molecule has 2 aromatic carbocycles. The SMILES string of the molecule is COC(=O)/C=C/c1ccc2c(c1)CCC2N(CCc1c[nH]c2ccccc12)Cc1csnn1. The van der Waals surface area contributed by atoms with Crippen LogP contribution in [-0.4, -0.2) is 39.1 Å². The maximum Gasteiger partial charge on any atom is 0.330 e. The van der Waals surface area contributed by atoms with Gasteiger partial charge in [-0.15, -0.1) is 5.10 Å². The second kappa shape index (κ2) is 9.68. The quantitative estimate of drug-likeness (QED) is 0.299. The van der Waals surface area contributed by atoms with Crippen LogP contribution in [0.4, 0.5) is 0 Å². The summed E-state index contributed by atoms with van der Waals surface area (Å²) in [6.07, 6.45) is 8.49. The largest absolute Gasteiger partial charge is 0.466 e. The van der Waals surface area contributed by atoms with E-state index in [1.54, 1.807) is 0 Å². The third kappa shape index (κ3) is 4.74. The molecule has 0 radical (unpaired) electrons. The molecule has 1 unspecified atom stereocenters. The number of nitrogens with zero attached hydrogens (tertiary/aromatic N) is 3. The lowest BCUT2D eigenvalue weighted by molar-refractivity contribution is -0.134. The molecule has 0 bridgehead atoms. The molecule has 2 aromatic heterocycles. The van der Waals surface area contributed by atoms with Gasteiger partial charge < -0.3 is 9.72 Å². The van der Waals surface area contributed by atoms with Crippen molar-refractivity contribution in [1.29, 1.82) is 0 Å². The molecule has 0 fully saturated rings. The average Bonchev–Trinajstić information content (AvgIpc) is 3.60. The third-order valence-electron chi connectivity index (χ3n) is 6.38. The summed E-state index contributed by atoms with van der Waals surface area (Å²) in [5.74, 6) is -0.339. The van der Waals surface area contributed by atoms with Crippen molar-refractivity contribution in [3.05, 3.63) is 88.1 Å². The molecule has 2 heterocycles. The zero-order valence-electron chi connectivity index (χ0n) is 18.5. The number of benzene rings is 2. The van der Waals surface area contributed by atoms with E-state index in [2.05, 4.69) is 68.1 Å². The van der Waals surface area contributed by atoms with Crippen molar-refractivity contribution in [3.63, 3.8) is 0 Å². The van der Waals surface area contributed by atoms with Crippen LogP contribution in [0.5, 0.6) is 0 Å². The highest BCUT2D eigenvalue weighted by atomic mass is 32.1. The lowest BCUT2D eigenvalue weighted by Crippen LogP contribution is -2.29. The number of methoxy groups -OCH3 is 1. The summed E-state index contributed by atoms with van der Waals surface area (Å²) in [6.45, 7) is 1.72. The smallest absolute Gasteiger partial charge is 0.330 e. The molecule has 0 saturated heterocycles. The van der Waals surface area contributed by atoms with E-state index >= 15 is 0 Å². The summed E-state index contributed by atoms with van der Waals surface area (Å²) in [5, 5.41) is 7.64. The van der Waals surface area contributed by atoms with E-state index in [1.807, 2.05) is 11.5 Å². The maximum absolute atomic E-state index is 11.4. The highest BCUT2D eigenvalue weighted by Gasteiger charge is 2.28. The van der Waals surface area contributed by atoms with Gasteiger partial charge in [-0.3, -0.25) is 4.90 Å². The topological polar surface area (TPSA) is 71.1 Å². The normalized spacial score (nSPS) is 15.5.